The molecule has 3 heteroatoms. The third kappa shape index (κ3) is 2.86. The lowest BCUT2D eigenvalue weighted by Gasteiger charge is -2.09. The maximum absolute atomic E-state index is 5.64. The summed E-state index contributed by atoms with van der Waals surface area (Å²) < 4.78 is 6.72. The molecule has 0 saturated carbocycles. The van der Waals surface area contributed by atoms with Crippen molar-refractivity contribution >= 4 is 15.9 Å². The molecular weight excluding hydrogens is 350 g/mol. The molecule has 4 rings (SSSR count). The SMILES string of the molecule is Cc1noc(-c2ccc(Br)cc2)c1CC1Cc2ccccc2C1. The van der Waals surface area contributed by atoms with Crippen LogP contribution in [0.15, 0.2) is 57.5 Å². The first-order valence-corrected chi connectivity index (χ1v) is 8.78. The van der Waals surface area contributed by atoms with Gasteiger partial charge < -0.3 is 4.52 Å². The summed E-state index contributed by atoms with van der Waals surface area (Å²) in [5.74, 6) is 1.56. The molecule has 1 aromatic heterocycles. The molecule has 0 amide bonds. The lowest BCUT2D eigenvalue weighted by molar-refractivity contribution is 0.426. The van der Waals surface area contributed by atoms with Crippen LogP contribution in [0.3, 0.4) is 0 Å². The van der Waals surface area contributed by atoms with Gasteiger partial charge in [-0.15, -0.1) is 0 Å². The summed E-state index contributed by atoms with van der Waals surface area (Å²) in [7, 11) is 0. The Balaban J connectivity index is 1.61. The molecule has 3 aromatic rings. The largest absolute Gasteiger partial charge is 0.356 e. The van der Waals surface area contributed by atoms with Crippen LogP contribution in [-0.4, -0.2) is 5.16 Å². The van der Waals surface area contributed by atoms with E-state index in [-0.39, 0.29) is 0 Å². The summed E-state index contributed by atoms with van der Waals surface area (Å²) in [4.78, 5) is 0. The van der Waals surface area contributed by atoms with Gasteiger partial charge in [-0.2, -0.15) is 0 Å². The highest BCUT2D eigenvalue weighted by atomic mass is 79.9. The Morgan fingerprint density at radius 1 is 1.04 bits per heavy atom. The number of aryl methyl sites for hydroxylation is 1. The molecule has 0 aliphatic heterocycles. The Labute approximate surface area is 144 Å². The Morgan fingerprint density at radius 2 is 1.70 bits per heavy atom. The van der Waals surface area contributed by atoms with E-state index in [1.54, 1.807) is 0 Å². The van der Waals surface area contributed by atoms with Crippen LogP contribution in [0.1, 0.15) is 22.4 Å². The Hall–Kier alpha value is -1.87. The van der Waals surface area contributed by atoms with Crippen molar-refractivity contribution in [1.82, 2.24) is 5.16 Å². The van der Waals surface area contributed by atoms with Crippen molar-refractivity contribution < 1.29 is 4.52 Å². The minimum absolute atomic E-state index is 0.639. The fraction of sp³-hybridized carbons (Fsp3) is 0.250. The highest BCUT2D eigenvalue weighted by Gasteiger charge is 2.25. The van der Waals surface area contributed by atoms with Gasteiger partial charge in [0.2, 0.25) is 0 Å². The van der Waals surface area contributed by atoms with Gasteiger partial charge in [-0.1, -0.05) is 57.5 Å². The molecule has 0 fully saturated rings. The van der Waals surface area contributed by atoms with E-state index in [9.17, 15) is 0 Å². The predicted octanol–water partition coefficient (Wildman–Crippen LogP) is 5.37. The molecule has 2 aromatic carbocycles. The fourth-order valence-corrected chi connectivity index (χ4v) is 3.80. The number of benzene rings is 2. The second-order valence-corrected chi connectivity index (χ2v) is 7.25. The van der Waals surface area contributed by atoms with Crippen molar-refractivity contribution in [3.63, 3.8) is 0 Å². The van der Waals surface area contributed by atoms with E-state index < -0.39 is 0 Å². The zero-order valence-corrected chi connectivity index (χ0v) is 14.6. The molecule has 0 spiro atoms. The first-order chi connectivity index (χ1) is 11.2. The normalized spacial score (nSPS) is 14.2. The molecule has 1 heterocycles. The highest BCUT2D eigenvalue weighted by Crippen LogP contribution is 2.34. The second kappa shape index (κ2) is 5.97. The van der Waals surface area contributed by atoms with Crippen LogP contribution in [0, 0.1) is 12.8 Å². The number of hydrogen-bond donors (Lipinski definition) is 0. The summed E-state index contributed by atoms with van der Waals surface area (Å²) in [6, 6.07) is 17.0. The highest BCUT2D eigenvalue weighted by molar-refractivity contribution is 9.10. The van der Waals surface area contributed by atoms with Crippen molar-refractivity contribution in [3.8, 4) is 11.3 Å². The molecule has 0 unspecified atom stereocenters. The Morgan fingerprint density at radius 3 is 2.35 bits per heavy atom. The standard InChI is InChI=1S/C20H18BrNO/c1-13-19(12-14-10-16-4-2-3-5-17(16)11-14)20(23-22-13)15-6-8-18(21)9-7-15/h2-9,14H,10-12H2,1H3. The topological polar surface area (TPSA) is 26.0 Å². The third-order valence-corrected chi connectivity index (χ3v) is 5.25. The first kappa shape index (κ1) is 14.7. The number of fused-ring (bicyclic) bond motifs is 1. The Bertz CT molecular complexity index is 810. The summed E-state index contributed by atoms with van der Waals surface area (Å²) in [6.45, 7) is 2.04. The molecular formula is C20H18BrNO. The molecule has 116 valence electrons. The zero-order chi connectivity index (χ0) is 15.8. The molecule has 0 atom stereocenters. The average Bonchev–Trinajstić information content (AvgIpc) is 3.12. The van der Waals surface area contributed by atoms with Crippen LogP contribution >= 0.6 is 15.9 Å². The van der Waals surface area contributed by atoms with Crippen LogP contribution < -0.4 is 0 Å². The van der Waals surface area contributed by atoms with Crippen LogP contribution in [0.2, 0.25) is 0 Å². The summed E-state index contributed by atoms with van der Waals surface area (Å²) in [5.41, 5.74) is 6.36. The quantitative estimate of drug-likeness (QED) is 0.621. The molecule has 2 nitrogen and oxygen atoms in total. The summed E-state index contributed by atoms with van der Waals surface area (Å²) in [5, 5.41) is 4.22. The van der Waals surface area contributed by atoms with Crippen molar-refractivity contribution in [1.29, 1.82) is 0 Å². The number of aromatic nitrogens is 1. The molecule has 0 radical (unpaired) electrons. The molecule has 1 aliphatic carbocycles. The summed E-state index contributed by atoms with van der Waals surface area (Å²) in [6.07, 6.45) is 3.33. The number of halogens is 1. The molecule has 0 saturated heterocycles. The van der Waals surface area contributed by atoms with Gasteiger partial charge in [-0.3, -0.25) is 0 Å². The fourth-order valence-electron chi connectivity index (χ4n) is 3.54. The van der Waals surface area contributed by atoms with E-state index >= 15 is 0 Å². The van der Waals surface area contributed by atoms with Crippen molar-refractivity contribution in [2.75, 3.05) is 0 Å². The minimum Gasteiger partial charge on any atom is -0.356 e. The number of nitrogens with zero attached hydrogens (tertiary/aromatic N) is 1. The van der Waals surface area contributed by atoms with Crippen LogP contribution in [-0.2, 0) is 19.3 Å². The van der Waals surface area contributed by atoms with E-state index in [0.29, 0.717) is 5.92 Å². The number of hydrogen-bond acceptors (Lipinski definition) is 2. The maximum Gasteiger partial charge on any atom is 0.170 e. The lowest BCUT2D eigenvalue weighted by atomic mass is 9.94. The van der Waals surface area contributed by atoms with Gasteiger partial charge in [-0.05, 0) is 55.4 Å². The number of rotatable bonds is 3. The van der Waals surface area contributed by atoms with E-state index in [2.05, 4.69) is 57.5 Å². The van der Waals surface area contributed by atoms with Gasteiger partial charge in [-0.25, -0.2) is 0 Å². The first-order valence-electron chi connectivity index (χ1n) is 7.98. The van der Waals surface area contributed by atoms with Gasteiger partial charge in [0.15, 0.2) is 5.76 Å². The third-order valence-electron chi connectivity index (χ3n) is 4.72. The van der Waals surface area contributed by atoms with Gasteiger partial charge in [0.25, 0.3) is 0 Å². The minimum atomic E-state index is 0.639. The average molecular weight is 368 g/mol. The van der Waals surface area contributed by atoms with Gasteiger partial charge in [0.05, 0.1) is 5.69 Å². The molecule has 1 aliphatic rings. The lowest BCUT2D eigenvalue weighted by Crippen LogP contribution is -2.05. The maximum atomic E-state index is 5.64. The van der Waals surface area contributed by atoms with Crippen LogP contribution in [0.25, 0.3) is 11.3 Å². The van der Waals surface area contributed by atoms with Gasteiger partial charge in [0, 0.05) is 15.6 Å². The van der Waals surface area contributed by atoms with Crippen LogP contribution in [0.5, 0.6) is 0 Å². The smallest absolute Gasteiger partial charge is 0.170 e. The predicted molar refractivity (Wildman–Crippen MR) is 95.4 cm³/mol. The van der Waals surface area contributed by atoms with Crippen LogP contribution in [0.4, 0.5) is 0 Å². The molecule has 0 N–H and O–H groups in total. The second-order valence-electron chi connectivity index (χ2n) is 6.33. The van der Waals surface area contributed by atoms with Crippen molar-refractivity contribution in [3.05, 3.63) is 75.4 Å². The Kier molecular flexibility index (Phi) is 3.82. The van der Waals surface area contributed by atoms with Gasteiger partial charge >= 0.3 is 0 Å². The van der Waals surface area contributed by atoms with E-state index in [1.165, 1.54) is 16.7 Å². The van der Waals surface area contributed by atoms with E-state index in [4.69, 9.17) is 4.52 Å². The molecule has 23 heavy (non-hydrogen) atoms. The monoisotopic (exact) mass is 367 g/mol. The van der Waals surface area contributed by atoms with E-state index in [1.807, 2.05) is 19.1 Å². The van der Waals surface area contributed by atoms with Gasteiger partial charge in [0.1, 0.15) is 0 Å². The molecule has 0 bridgehead atoms. The zero-order valence-electron chi connectivity index (χ0n) is 13.1. The van der Waals surface area contributed by atoms with Crippen molar-refractivity contribution in [2.24, 2.45) is 5.92 Å². The van der Waals surface area contributed by atoms with E-state index in [0.717, 1.165) is 40.8 Å². The summed E-state index contributed by atoms with van der Waals surface area (Å²) >= 11 is 3.48. The van der Waals surface area contributed by atoms with Crippen molar-refractivity contribution in [2.45, 2.75) is 26.2 Å².